The lowest BCUT2D eigenvalue weighted by Crippen LogP contribution is -2.58. The van der Waals surface area contributed by atoms with Crippen LogP contribution in [0.4, 0.5) is 5.69 Å². The number of nitrogens with zero attached hydrogens (tertiary/aromatic N) is 5. The Morgan fingerprint density at radius 2 is 2.06 bits per heavy atom. The first kappa shape index (κ1) is 24.9. The van der Waals surface area contributed by atoms with Crippen molar-refractivity contribution in [2.24, 2.45) is 10.9 Å². The number of tetrazole rings is 1. The maximum absolute atomic E-state index is 13.0. The molecule has 3 heterocycles. The average Bonchev–Trinajstić information content (AvgIpc) is 3.35. The molecule has 17 heteroatoms. The molecule has 0 amide bonds. The Morgan fingerprint density at radius 1 is 1.26 bits per heavy atom. The molecule has 7 N–H and O–H groups in total. The first-order valence-corrected chi connectivity index (χ1v) is 13.5. The van der Waals surface area contributed by atoms with E-state index < -0.39 is 42.5 Å². The van der Waals surface area contributed by atoms with Gasteiger partial charge in [-0.3, -0.25) is 4.90 Å². The number of hydrogen-bond acceptors (Lipinski definition) is 12. The molecule has 2 atom stereocenters. The first-order valence-electron chi connectivity index (χ1n) is 10.5. The van der Waals surface area contributed by atoms with Crippen LogP contribution >= 0.6 is 0 Å². The third kappa shape index (κ3) is 5.05. The van der Waals surface area contributed by atoms with E-state index >= 15 is 0 Å². The fourth-order valence-corrected chi connectivity index (χ4v) is 6.79. The van der Waals surface area contributed by atoms with Crippen molar-refractivity contribution in [3.63, 3.8) is 0 Å². The molecule has 2 aromatic rings. The molecule has 2 aliphatic heterocycles. The molecular weight excluding hydrogens is 490 g/mol. The summed E-state index contributed by atoms with van der Waals surface area (Å²) in [4.78, 5) is 2.96. The fraction of sp³-hybridized carbons (Fsp3) is 0.588. The lowest BCUT2D eigenvalue weighted by Gasteiger charge is -2.45. The smallest absolute Gasteiger partial charge is 0.242 e. The number of benzene rings is 1. The van der Waals surface area contributed by atoms with Gasteiger partial charge in [0.25, 0.3) is 0 Å². The maximum atomic E-state index is 13.0. The minimum atomic E-state index is -4.59. The van der Waals surface area contributed by atoms with Gasteiger partial charge in [0.2, 0.25) is 25.9 Å². The zero-order valence-electron chi connectivity index (χ0n) is 18.2. The molecule has 2 saturated heterocycles. The number of nitrogens with one attached hydrogen (secondary N) is 2. The van der Waals surface area contributed by atoms with Gasteiger partial charge in [-0.15, -0.1) is 10.2 Å². The van der Waals surface area contributed by atoms with Gasteiger partial charge in [-0.1, -0.05) is 0 Å². The molecule has 0 aliphatic carbocycles. The number of rotatable bonds is 8. The van der Waals surface area contributed by atoms with Gasteiger partial charge in [-0.2, -0.15) is 5.21 Å². The number of nitrogens with two attached hydrogens (primary N) is 2. The van der Waals surface area contributed by atoms with E-state index in [-0.39, 0.29) is 24.0 Å². The molecule has 0 spiro atoms. The second-order valence-electron chi connectivity index (χ2n) is 8.02. The number of fused-ring (bicyclic) bond motifs is 1. The highest BCUT2D eigenvalue weighted by Crippen LogP contribution is 2.39. The molecule has 0 radical (unpaired) electrons. The third-order valence-corrected chi connectivity index (χ3v) is 8.39. The van der Waals surface area contributed by atoms with Crippen LogP contribution in [0.3, 0.4) is 0 Å². The lowest BCUT2D eigenvalue weighted by atomic mass is 10.1. The minimum Gasteiger partial charge on any atom is -0.390 e. The van der Waals surface area contributed by atoms with E-state index in [4.69, 9.17) is 15.6 Å². The zero-order chi connectivity index (χ0) is 24.5. The number of hydrogen-bond donors (Lipinski definition) is 5. The molecule has 4 rings (SSSR count). The molecule has 188 valence electrons. The van der Waals surface area contributed by atoms with Gasteiger partial charge >= 0.3 is 0 Å². The molecule has 0 bridgehead atoms. The second-order valence-corrected chi connectivity index (χ2v) is 11.3. The van der Waals surface area contributed by atoms with Crippen LogP contribution in [0.15, 0.2) is 21.9 Å². The van der Waals surface area contributed by atoms with Gasteiger partial charge in [0, 0.05) is 45.0 Å². The Balaban J connectivity index is 1.84. The van der Waals surface area contributed by atoms with Crippen LogP contribution < -0.4 is 20.5 Å². The van der Waals surface area contributed by atoms with Crippen molar-refractivity contribution in [1.29, 1.82) is 0 Å². The molecule has 1 aromatic heterocycles. The van der Waals surface area contributed by atoms with Crippen LogP contribution in [-0.4, -0.2) is 112 Å². The summed E-state index contributed by atoms with van der Waals surface area (Å²) in [7, 11) is -9.01. The van der Waals surface area contributed by atoms with E-state index in [2.05, 4.69) is 30.2 Å². The minimum absolute atomic E-state index is 0.0799. The topological polar surface area (TPSA) is 223 Å². The van der Waals surface area contributed by atoms with Gasteiger partial charge in [-0.05, 0) is 17.3 Å². The van der Waals surface area contributed by atoms with Crippen LogP contribution in [0.2, 0.25) is 0 Å². The number of ether oxygens (including phenoxy) is 1. The van der Waals surface area contributed by atoms with E-state index in [1.807, 2.05) is 4.90 Å². The van der Waals surface area contributed by atoms with E-state index in [1.54, 1.807) is 0 Å². The average molecular weight is 518 g/mol. The number of morpholine rings is 1. The highest BCUT2D eigenvalue weighted by Gasteiger charge is 2.36. The Bertz CT molecular complexity index is 1220. The predicted molar refractivity (Wildman–Crippen MR) is 120 cm³/mol. The van der Waals surface area contributed by atoms with E-state index in [1.165, 1.54) is 12.1 Å². The van der Waals surface area contributed by atoms with Gasteiger partial charge in [-0.25, -0.2) is 26.7 Å². The van der Waals surface area contributed by atoms with Crippen LogP contribution in [0.5, 0.6) is 0 Å². The van der Waals surface area contributed by atoms with E-state index in [9.17, 15) is 21.9 Å². The molecular formula is C17H27N9O6S2. The molecule has 2 aliphatic rings. The highest BCUT2D eigenvalue weighted by molar-refractivity contribution is 7.92. The Morgan fingerprint density at radius 3 is 2.74 bits per heavy atom. The number of primary sulfonamides is 1. The third-order valence-electron chi connectivity index (χ3n) is 5.80. The Labute approximate surface area is 196 Å². The normalized spacial score (nSPS) is 20.8. The van der Waals surface area contributed by atoms with Gasteiger partial charge in [0.15, 0.2) is 0 Å². The predicted octanol–water partition coefficient (Wildman–Crippen LogP) is -3.37. The van der Waals surface area contributed by atoms with Crippen molar-refractivity contribution in [3.8, 4) is 11.4 Å². The number of sulfonamides is 2. The van der Waals surface area contributed by atoms with E-state index in [0.717, 1.165) is 6.54 Å². The number of aliphatic hydroxyl groups excluding tert-OH is 1. The quantitative estimate of drug-likeness (QED) is 0.231. The SMILES string of the molecule is NCC(O)CNS(=O)(=O)c1ccc(N2CCN3CCOCC3C2)c(-c2nn[nH]n2)c1S(N)(=O)=O. The van der Waals surface area contributed by atoms with Crippen molar-refractivity contribution in [1.82, 2.24) is 30.2 Å². The van der Waals surface area contributed by atoms with Crippen LogP contribution in [0.25, 0.3) is 11.4 Å². The van der Waals surface area contributed by atoms with Gasteiger partial charge in [0.1, 0.15) is 9.79 Å². The number of H-pyrrole nitrogens is 1. The Hall–Kier alpha value is -2.25. The summed E-state index contributed by atoms with van der Waals surface area (Å²) in [6.45, 7) is 3.16. The summed E-state index contributed by atoms with van der Waals surface area (Å²) in [5.41, 5.74) is 5.65. The van der Waals surface area contributed by atoms with Crippen molar-refractivity contribution in [2.45, 2.75) is 21.9 Å². The van der Waals surface area contributed by atoms with Crippen molar-refractivity contribution < 1.29 is 26.7 Å². The zero-order valence-corrected chi connectivity index (χ0v) is 19.8. The monoisotopic (exact) mass is 517 g/mol. The van der Waals surface area contributed by atoms with Crippen LogP contribution in [0, 0.1) is 0 Å². The summed E-state index contributed by atoms with van der Waals surface area (Å²) < 4.78 is 59.3. The summed E-state index contributed by atoms with van der Waals surface area (Å²) in [6.07, 6.45) is -1.15. The summed E-state index contributed by atoms with van der Waals surface area (Å²) >= 11 is 0. The maximum Gasteiger partial charge on any atom is 0.242 e. The summed E-state index contributed by atoms with van der Waals surface area (Å²) in [5.74, 6) is -0.125. The molecule has 0 saturated carbocycles. The lowest BCUT2D eigenvalue weighted by molar-refractivity contribution is -0.0116. The number of anilines is 1. The van der Waals surface area contributed by atoms with Gasteiger partial charge in [0.05, 0.1) is 30.9 Å². The Kier molecular flexibility index (Phi) is 7.15. The van der Waals surface area contributed by atoms with Crippen molar-refractivity contribution in [2.75, 3.05) is 57.4 Å². The van der Waals surface area contributed by atoms with Gasteiger partial charge < -0.3 is 20.5 Å². The number of aliphatic hydroxyl groups is 1. The fourth-order valence-electron chi connectivity index (χ4n) is 4.13. The molecule has 2 unspecified atom stereocenters. The van der Waals surface area contributed by atoms with E-state index in [0.29, 0.717) is 38.5 Å². The van der Waals surface area contributed by atoms with Crippen molar-refractivity contribution in [3.05, 3.63) is 12.1 Å². The highest BCUT2D eigenvalue weighted by atomic mass is 32.2. The largest absolute Gasteiger partial charge is 0.390 e. The molecule has 34 heavy (non-hydrogen) atoms. The molecule has 2 fully saturated rings. The summed E-state index contributed by atoms with van der Waals surface area (Å²) in [6, 6.07) is 2.74. The number of aromatic amines is 1. The molecule has 1 aromatic carbocycles. The van der Waals surface area contributed by atoms with Crippen LogP contribution in [0.1, 0.15) is 0 Å². The second kappa shape index (κ2) is 9.78. The number of piperazine rings is 1. The van der Waals surface area contributed by atoms with Crippen LogP contribution in [-0.2, 0) is 24.8 Å². The molecule has 15 nitrogen and oxygen atoms in total. The van der Waals surface area contributed by atoms with Crippen molar-refractivity contribution >= 4 is 25.7 Å². The summed E-state index contributed by atoms with van der Waals surface area (Å²) in [5, 5.41) is 28.8. The number of aromatic nitrogens is 4. The standard InChI is InChI=1S/C17H27N9O6S2/c18-7-12(27)8-20-34(30,31)14-2-1-13(26-4-3-25-5-6-32-10-11(25)9-26)15(16(14)33(19,28)29)17-21-23-24-22-17/h1-2,11-12,20,27H,3-10,18H2,(H2,19,28,29)(H,21,22,23,24). The first-order chi connectivity index (χ1) is 16.1.